The van der Waals surface area contributed by atoms with Crippen LogP contribution in [0.1, 0.15) is 24.8 Å². The van der Waals surface area contributed by atoms with Gasteiger partial charge in [0.2, 0.25) is 0 Å². The summed E-state index contributed by atoms with van der Waals surface area (Å²) < 4.78 is 16.0. The minimum Gasteiger partial charge on any atom is -0.382 e. The molecule has 0 fully saturated rings. The summed E-state index contributed by atoms with van der Waals surface area (Å²) in [5.41, 5.74) is 1.33. The Hall–Kier alpha value is -1.63. The van der Waals surface area contributed by atoms with Gasteiger partial charge in [-0.05, 0) is 31.2 Å². The molecule has 0 aromatic heterocycles. The molecule has 0 bridgehead atoms. The third-order valence-corrected chi connectivity index (χ3v) is 3.80. The van der Waals surface area contributed by atoms with E-state index in [0.29, 0.717) is 13.2 Å². The van der Waals surface area contributed by atoms with Crippen molar-refractivity contribution in [1.29, 1.82) is 0 Å². The summed E-state index contributed by atoms with van der Waals surface area (Å²) in [5, 5.41) is 6.61. The van der Waals surface area contributed by atoms with Crippen molar-refractivity contribution in [3.8, 4) is 0 Å². The number of hydrogen-bond donors (Lipinski definition) is 2. The average Bonchev–Trinajstić information content (AvgIpc) is 2.68. The molecule has 0 unspecified atom stereocenters. The van der Waals surface area contributed by atoms with E-state index in [1.807, 2.05) is 6.07 Å². The zero-order valence-electron chi connectivity index (χ0n) is 16.3. The molecule has 6 heteroatoms. The first-order chi connectivity index (χ1) is 12.9. The van der Waals surface area contributed by atoms with Crippen LogP contribution in [-0.2, 0) is 20.6 Å². The molecule has 1 rings (SSSR count). The van der Waals surface area contributed by atoms with Gasteiger partial charge >= 0.3 is 0 Å². The Morgan fingerprint density at radius 2 is 1.54 bits per heavy atom. The largest absolute Gasteiger partial charge is 0.382 e. The molecule has 0 aliphatic heterocycles. The molecule has 2 N–H and O–H groups in total. The number of unbranched alkanes of at least 4 members (excludes halogenated alkanes) is 1. The first-order valence-corrected chi connectivity index (χ1v) is 9.49. The highest BCUT2D eigenvalue weighted by Crippen LogP contribution is 2.00. The van der Waals surface area contributed by atoms with Crippen molar-refractivity contribution in [2.24, 2.45) is 4.99 Å². The summed E-state index contributed by atoms with van der Waals surface area (Å²) >= 11 is 0. The van der Waals surface area contributed by atoms with Gasteiger partial charge in [0.25, 0.3) is 0 Å². The minimum atomic E-state index is 0.645. The number of benzene rings is 1. The van der Waals surface area contributed by atoms with Gasteiger partial charge in [-0.3, -0.25) is 4.99 Å². The molecule has 6 nitrogen and oxygen atoms in total. The number of hydrogen-bond acceptors (Lipinski definition) is 4. The van der Waals surface area contributed by atoms with Crippen molar-refractivity contribution >= 4 is 5.96 Å². The predicted molar refractivity (Wildman–Crippen MR) is 107 cm³/mol. The molecule has 0 heterocycles. The maximum absolute atomic E-state index is 5.69. The van der Waals surface area contributed by atoms with Crippen LogP contribution in [0.25, 0.3) is 0 Å². The van der Waals surface area contributed by atoms with Crippen LogP contribution in [0.4, 0.5) is 0 Å². The zero-order chi connectivity index (χ0) is 18.7. The number of nitrogens with one attached hydrogen (secondary N) is 2. The Morgan fingerprint density at radius 1 is 0.846 bits per heavy atom. The topological polar surface area (TPSA) is 64.1 Å². The zero-order valence-corrected chi connectivity index (χ0v) is 16.3. The third kappa shape index (κ3) is 12.7. The summed E-state index contributed by atoms with van der Waals surface area (Å²) in [4.78, 5) is 4.22. The molecule has 0 aliphatic carbocycles. The summed E-state index contributed by atoms with van der Waals surface area (Å²) in [5.74, 6) is 0.840. The van der Waals surface area contributed by atoms with Crippen molar-refractivity contribution in [3.63, 3.8) is 0 Å². The molecule has 0 spiro atoms. The van der Waals surface area contributed by atoms with Crippen molar-refractivity contribution in [2.75, 3.05) is 60.3 Å². The van der Waals surface area contributed by atoms with Gasteiger partial charge in [-0.25, -0.2) is 0 Å². The molecular weight excluding hydrogens is 330 g/mol. The van der Waals surface area contributed by atoms with E-state index in [2.05, 4.69) is 39.9 Å². The lowest BCUT2D eigenvalue weighted by atomic mass is 10.2. The molecule has 1 aromatic rings. The molecule has 0 atom stereocenters. The van der Waals surface area contributed by atoms with E-state index in [1.54, 1.807) is 14.2 Å². The molecule has 0 saturated heterocycles. The molecule has 1 aromatic carbocycles. The highest BCUT2D eigenvalue weighted by atomic mass is 16.5. The van der Waals surface area contributed by atoms with E-state index in [0.717, 1.165) is 64.6 Å². The number of guanidine groups is 1. The second-order valence-electron chi connectivity index (χ2n) is 5.94. The standard InChI is InChI=1S/C20H35N3O3/c1-21-20(23-13-8-15-26-18-17-24-2)22-12-6-7-14-25-16-11-19-9-4-3-5-10-19/h3-5,9-10H,6-8,11-18H2,1-2H3,(H2,21,22,23). The number of aliphatic imine (C=N–C) groups is 1. The fourth-order valence-corrected chi connectivity index (χ4v) is 2.32. The van der Waals surface area contributed by atoms with Crippen LogP contribution in [0, 0.1) is 0 Å². The van der Waals surface area contributed by atoms with Gasteiger partial charge in [0.1, 0.15) is 0 Å². The lowest BCUT2D eigenvalue weighted by Crippen LogP contribution is -2.38. The van der Waals surface area contributed by atoms with Crippen LogP contribution < -0.4 is 10.6 Å². The molecule has 148 valence electrons. The van der Waals surface area contributed by atoms with Gasteiger partial charge in [-0.15, -0.1) is 0 Å². The maximum atomic E-state index is 5.69. The van der Waals surface area contributed by atoms with Crippen LogP contribution in [0.15, 0.2) is 35.3 Å². The van der Waals surface area contributed by atoms with E-state index in [1.165, 1.54) is 5.56 Å². The minimum absolute atomic E-state index is 0.645. The van der Waals surface area contributed by atoms with Gasteiger partial charge < -0.3 is 24.8 Å². The molecule has 0 amide bonds. The van der Waals surface area contributed by atoms with E-state index in [4.69, 9.17) is 14.2 Å². The van der Waals surface area contributed by atoms with Gasteiger partial charge in [0, 0.05) is 40.5 Å². The van der Waals surface area contributed by atoms with Crippen LogP contribution >= 0.6 is 0 Å². The number of ether oxygens (including phenoxy) is 3. The Labute approximate surface area is 158 Å². The normalized spacial score (nSPS) is 11.5. The molecule has 0 radical (unpaired) electrons. The van der Waals surface area contributed by atoms with E-state index in [-0.39, 0.29) is 0 Å². The van der Waals surface area contributed by atoms with E-state index < -0.39 is 0 Å². The van der Waals surface area contributed by atoms with Crippen molar-refractivity contribution in [2.45, 2.75) is 25.7 Å². The van der Waals surface area contributed by atoms with E-state index >= 15 is 0 Å². The second-order valence-corrected chi connectivity index (χ2v) is 5.94. The number of rotatable bonds is 15. The summed E-state index contributed by atoms with van der Waals surface area (Å²) in [6.45, 7) is 5.35. The highest BCUT2D eigenvalue weighted by molar-refractivity contribution is 5.79. The van der Waals surface area contributed by atoms with Crippen molar-refractivity contribution < 1.29 is 14.2 Å². The van der Waals surface area contributed by atoms with Crippen LogP contribution in [0.5, 0.6) is 0 Å². The van der Waals surface area contributed by atoms with Crippen LogP contribution in [0.3, 0.4) is 0 Å². The van der Waals surface area contributed by atoms with Crippen LogP contribution in [0.2, 0.25) is 0 Å². The molecular formula is C20H35N3O3. The Kier molecular flexibility index (Phi) is 14.5. The van der Waals surface area contributed by atoms with Gasteiger partial charge in [0.15, 0.2) is 5.96 Å². The lowest BCUT2D eigenvalue weighted by molar-refractivity contribution is 0.0698. The first kappa shape index (κ1) is 22.4. The molecule has 0 saturated carbocycles. The smallest absolute Gasteiger partial charge is 0.190 e. The summed E-state index contributed by atoms with van der Waals surface area (Å²) in [6.07, 6.45) is 4.03. The third-order valence-electron chi connectivity index (χ3n) is 3.80. The average molecular weight is 366 g/mol. The van der Waals surface area contributed by atoms with E-state index in [9.17, 15) is 0 Å². The Morgan fingerprint density at radius 3 is 2.27 bits per heavy atom. The lowest BCUT2D eigenvalue weighted by Gasteiger charge is -2.12. The predicted octanol–water partition coefficient (Wildman–Crippen LogP) is 2.24. The SMILES string of the molecule is CN=C(NCCCCOCCc1ccccc1)NCCCOCCOC. The van der Waals surface area contributed by atoms with Gasteiger partial charge in [-0.2, -0.15) is 0 Å². The van der Waals surface area contributed by atoms with Crippen LogP contribution in [-0.4, -0.2) is 66.2 Å². The summed E-state index contributed by atoms with van der Waals surface area (Å²) in [7, 11) is 3.47. The fraction of sp³-hybridized carbons (Fsp3) is 0.650. The highest BCUT2D eigenvalue weighted by Gasteiger charge is 1.97. The molecule has 0 aliphatic rings. The first-order valence-electron chi connectivity index (χ1n) is 9.49. The van der Waals surface area contributed by atoms with Gasteiger partial charge in [0.05, 0.1) is 19.8 Å². The monoisotopic (exact) mass is 365 g/mol. The second kappa shape index (κ2) is 16.8. The molecule has 26 heavy (non-hydrogen) atoms. The Balaban J connectivity index is 1.89. The fourth-order valence-electron chi connectivity index (χ4n) is 2.32. The number of methoxy groups -OCH3 is 1. The van der Waals surface area contributed by atoms with Crippen molar-refractivity contribution in [3.05, 3.63) is 35.9 Å². The van der Waals surface area contributed by atoms with Crippen molar-refractivity contribution in [1.82, 2.24) is 10.6 Å². The van der Waals surface area contributed by atoms with Gasteiger partial charge in [-0.1, -0.05) is 30.3 Å². The maximum Gasteiger partial charge on any atom is 0.190 e. The number of nitrogens with zero attached hydrogens (tertiary/aromatic N) is 1. The quantitative estimate of drug-likeness (QED) is 0.284. The Bertz CT molecular complexity index is 455. The summed E-state index contributed by atoms with van der Waals surface area (Å²) in [6, 6.07) is 10.4.